The minimum absolute atomic E-state index is 0.357. The van der Waals surface area contributed by atoms with Gasteiger partial charge in [0.25, 0.3) is 11.8 Å². The predicted octanol–water partition coefficient (Wildman–Crippen LogP) is -1.55. The van der Waals surface area contributed by atoms with Gasteiger partial charge in [-0.2, -0.15) is 0 Å². The minimum Gasteiger partial charge on any atom is -0.311 e. The summed E-state index contributed by atoms with van der Waals surface area (Å²) in [6.07, 6.45) is 3.03. The van der Waals surface area contributed by atoms with Gasteiger partial charge in [-0.05, 0) is 0 Å². The second kappa shape index (κ2) is 2.50. The molecule has 0 aromatic rings. The first-order valence-electron chi connectivity index (χ1n) is 3.93. The van der Waals surface area contributed by atoms with Gasteiger partial charge in [-0.3, -0.25) is 14.5 Å². The number of aldehydes is 1. The van der Waals surface area contributed by atoms with Crippen LogP contribution in [0.2, 0.25) is 0 Å². The first-order chi connectivity index (χ1) is 6.19. The van der Waals surface area contributed by atoms with Crippen molar-refractivity contribution >= 4 is 18.1 Å². The number of carbonyl (C=O) groups excluding carboxylic acids is 3. The van der Waals surface area contributed by atoms with E-state index < -0.39 is 17.4 Å². The molecular formula is C8H8N2O3. The van der Waals surface area contributed by atoms with E-state index in [9.17, 15) is 14.4 Å². The van der Waals surface area contributed by atoms with Crippen LogP contribution < -0.4 is 5.32 Å². The maximum absolute atomic E-state index is 11.2. The van der Waals surface area contributed by atoms with Gasteiger partial charge in [-0.15, -0.1) is 0 Å². The van der Waals surface area contributed by atoms with Crippen molar-refractivity contribution in [3.63, 3.8) is 0 Å². The number of nitrogens with zero attached hydrogens (tertiary/aromatic N) is 1. The Hall–Kier alpha value is -1.49. The summed E-state index contributed by atoms with van der Waals surface area (Å²) in [5, 5.41) is 2.87. The van der Waals surface area contributed by atoms with Crippen molar-refractivity contribution in [2.24, 2.45) is 0 Å². The molecule has 2 aliphatic rings. The van der Waals surface area contributed by atoms with Crippen molar-refractivity contribution in [2.75, 3.05) is 13.1 Å². The molecule has 0 aromatic heterocycles. The van der Waals surface area contributed by atoms with Crippen LogP contribution in [-0.2, 0) is 14.4 Å². The van der Waals surface area contributed by atoms with Crippen LogP contribution in [0.3, 0.4) is 0 Å². The molecule has 13 heavy (non-hydrogen) atoms. The van der Waals surface area contributed by atoms with Gasteiger partial charge in [0.2, 0.25) is 0 Å². The lowest BCUT2D eigenvalue weighted by Gasteiger charge is -2.43. The van der Waals surface area contributed by atoms with Gasteiger partial charge in [-0.1, -0.05) is 0 Å². The van der Waals surface area contributed by atoms with Crippen molar-refractivity contribution in [2.45, 2.75) is 5.54 Å². The quantitative estimate of drug-likeness (QED) is 0.413. The third-order valence-electron chi connectivity index (χ3n) is 2.34. The maximum Gasteiger partial charge on any atom is 0.254 e. The van der Waals surface area contributed by atoms with Crippen LogP contribution >= 0.6 is 0 Å². The van der Waals surface area contributed by atoms with Crippen LogP contribution in [0, 0.1) is 0 Å². The van der Waals surface area contributed by atoms with Crippen LogP contribution in [0.5, 0.6) is 0 Å². The Morgan fingerprint density at radius 1 is 1.31 bits per heavy atom. The molecule has 0 unspecified atom stereocenters. The van der Waals surface area contributed by atoms with E-state index in [1.54, 1.807) is 0 Å². The van der Waals surface area contributed by atoms with Gasteiger partial charge in [-0.25, -0.2) is 0 Å². The van der Waals surface area contributed by atoms with Gasteiger partial charge < -0.3 is 10.1 Å². The highest BCUT2D eigenvalue weighted by Crippen LogP contribution is 2.22. The zero-order valence-electron chi connectivity index (χ0n) is 6.82. The van der Waals surface area contributed by atoms with Crippen LogP contribution in [0.4, 0.5) is 0 Å². The summed E-state index contributed by atoms with van der Waals surface area (Å²) < 4.78 is 0. The molecule has 1 fully saturated rings. The van der Waals surface area contributed by atoms with Gasteiger partial charge >= 0.3 is 0 Å². The van der Waals surface area contributed by atoms with E-state index in [4.69, 9.17) is 0 Å². The van der Waals surface area contributed by atoms with Gasteiger partial charge in [0.15, 0.2) is 0 Å². The molecule has 1 saturated heterocycles. The molecule has 0 saturated carbocycles. The summed E-state index contributed by atoms with van der Waals surface area (Å²) in [5.74, 6) is -0.808. The number of rotatable bonds is 2. The SMILES string of the molecule is O=CC1(N2C(=O)C=CC2=O)CNC1. The molecule has 2 amide bonds. The van der Waals surface area contributed by atoms with E-state index in [0.29, 0.717) is 19.4 Å². The molecule has 0 atom stereocenters. The average Bonchev–Trinajstić information content (AvgIpc) is 2.35. The van der Waals surface area contributed by atoms with E-state index in [1.165, 1.54) is 12.2 Å². The van der Waals surface area contributed by atoms with Crippen molar-refractivity contribution in [1.29, 1.82) is 0 Å². The Morgan fingerprint density at radius 2 is 1.85 bits per heavy atom. The largest absolute Gasteiger partial charge is 0.311 e. The van der Waals surface area contributed by atoms with E-state index >= 15 is 0 Å². The Kier molecular flexibility index (Phi) is 1.56. The molecule has 2 aliphatic heterocycles. The Bertz CT molecular complexity index is 299. The molecular weight excluding hydrogens is 172 g/mol. The third-order valence-corrected chi connectivity index (χ3v) is 2.34. The molecule has 1 N–H and O–H groups in total. The van der Waals surface area contributed by atoms with E-state index in [2.05, 4.69) is 5.32 Å². The number of nitrogens with one attached hydrogen (secondary N) is 1. The van der Waals surface area contributed by atoms with Gasteiger partial charge in [0, 0.05) is 25.2 Å². The van der Waals surface area contributed by atoms with E-state index in [0.717, 1.165) is 4.90 Å². The van der Waals surface area contributed by atoms with Gasteiger partial charge in [0.1, 0.15) is 11.8 Å². The van der Waals surface area contributed by atoms with Crippen molar-refractivity contribution in [1.82, 2.24) is 10.2 Å². The van der Waals surface area contributed by atoms with Crippen LogP contribution in [0.1, 0.15) is 0 Å². The van der Waals surface area contributed by atoms with Crippen LogP contribution in [0.25, 0.3) is 0 Å². The summed E-state index contributed by atoms with van der Waals surface area (Å²) in [5.41, 5.74) is -0.933. The van der Waals surface area contributed by atoms with Crippen LogP contribution in [-0.4, -0.2) is 41.6 Å². The average molecular weight is 180 g/mol. The third kappa shape index (κ3) is 0.936. The van der Waals surface area contributed by atoms with Crippen molar-refractivity contribution < 1.29 is 14.4 Å². The molecule has 2 rings (SSSR count). The lowest BCUT2D eigenvalue weighted by molar-refractivity contribution is -0.150. The fourth-order valence-electron chi connectivity index (χ4n) is 1.51. The van der Waals surface area contributed by atoms with Crippen molar-refractivity contribution in [3.05, 3.63) is 12.2 Å². The minimum atomic E-state index is -0.933. The Morgan fingerprint density at radius 3 is 2.15 bits per heavy atom. The molecule has 0 bridgehead atoms. The number of hydrogen-bond acceptors (Lipinski definition) is 4. The highest BCUT2D eigenvalue weighted by atomic mass is 16.2. The summed E-state index contributed by atoms with van der Waals surface area (Å²) in [4.78, 5) is 34.2. The molecule has 68 valence electrons. The van der Waals surface area contributed by atoms with E-state index in [1.807, 2.05) is 0 Å². The van der Waals surface area contributed by atoms with Crippen LogP contribution in [0.15, 0.2) is 12.2 Å². The normalized spacial score (nSPS) is 24.8. The zero-order chi connectivity index (χ0) is 9.47. The smallest absolute Gasteiger partial charge is 0.254 e. The molecule has 2 heterocycles. The summed E-state index contributed by atoms with van der Waals surface area (Å²) in [6, 6.07) is 0. The number of hydrogen-bond donors (Lipinski definition) is 1. The second-order valence-corrected chi connectivity index (χ2v) is 3.17. The number of carbonyl (C=O) groups is 3. The lowest BCUT2D eigenvalue weighted by atomic mass is 9.92. The maximum atomic E-state index is 11.2. The summed E-state index contributed by atoms with van der Waals surface area (Å²) in [6.45, 7) is 0.714. The summed E-state index contributed by atoms with van der Waals surface area (Å²) in [7, 11) is 0. The first kappa shape index (κ1) is 8.12. The highest BCUT2D eigenvalue weighted by Gasteiger charge is 2.48. The zero-order valence-corrected chi connectivity index (χ0v) is 6.82. The second-order valence-electron chi connectivity index (χ2n) is 3.17. The fraction of sp³-hybridized carbons (Fsp3) is 0.375. The molecule has 0 aromatic carbocycles. The molecule has 5 nitrogen and oxygen atoms in total. The fourth-order valence-corrected chi connectivity index (χ4v) is 1.51. The molecule has 0 spiro atoms. The first-order valence-corrected chi connectivity index (χ1v) is 3.93. The summed E-state index contributed by atoms with van der Waals surface area (Å²) >= 11 is 0. The number of amides is 2. The standard InChI is InChI=1S/C8H8N2O3/c11-5-8(3-9-4-8)10-6(12)1-2-7(10)13/h1-2,5,9H,3-4H2. The molecule has 5 heteroatoms. The molecule has 0 aliphatic carbocycles. The monoisotopic (exact) mass is 180 g/mol. The Balaban J connectivity index is 2.29. The van der Waals surface area contributed by atoms with E-state index in [-0.39, 0.29) is 0 Å². The topological polar surface area (TPSA) is 66.5 Å². The Labute approximate surface area is 74.4 Å². The predicted molar refractivity (Wildman–Crippen MR) is 42.7 cm³/mol. The van der Waals surface area contributed by atoms with Gasteiger partial charge in [0.05, 0.1) is 0 Å². The molecule has 0 radical (unpaired) electrons. The number of imide groups is 1. The van der Waals surface area contributed by atoms with Crippen molar-refractivity contribution in [3.8, 4) is 0 Å². The highest BCUT2D eigenvalue weighted by molar-refractivity contribution is 6.15. The lowest BCUT2D eigenvalue weighted by Crippen LogP contribution is -2.71.